The third kappa shape index (κ3) is 5.40. The van der Waals surface area contributed by atoms with Crippen molar-refractivity contribution in [2.45, 2.75) is 24.2 Å². The summed E-state index contributed by atoms with van der Waals surface area (Å²) in [7, 11) is -3.74. The zero-order valence-electron chi connectivity index (χ0n) is 14.2. The summed E-state index contributed by atoms with van der Waals surface area (Å²) in [5, 5.41) is 11.2. The Labute approximate surface area is 151 Å². The second kappa shape index (κ2) is 8.95. The number of carboxylic acids is 1. The lowest BCUT2D eigenvalue weighted by Gasteiger charge is -2.22. The summed E-state index contributed by atoms with van der Waals surface area (Å²) in [6.07, 6.45) is 0.785. The van der Waals surface area contributed by atoms with Crippen LogP contribution in [0.25, 0.3) is 0 Å². The van der Waals surface area contributed by atoms with Crippen molar-refractivity contribution in [1.82, 2.24) is 14.5 Å². The van der Waals surface area contributed by atoms with Gasteiger partial charge in [-0.15, -0.1) is 0 Å². The zero-order valence-corrected chi connectivity index (χ0v) is 15.0. The lowest BCUT2D eigenvalue weighted by molar-refractivity contribution is -0.137. The number of urea groups is 1. The maximum Gasteiger partial charge on any atom is 0.317 e. The molecule has 2 rings (SSSR count). The minimum atomic E-state index is -3.74. The van der Waals surface area contributed by atoms with E-state index in [0.29, 0.717) is 19.4 Å². The molecule has 0 atom stereocenters. The molecule has 0 radical (unpaired) electrons. The molecular weight excluding hydrogens is 365 g/mol. The first-order chi connectivity index (χ1) is 12.3. The van der Waals surface area contributed by atoms with Gasteiger partial charge in [0.05, 0.1) is 4.90 Å². The molecule has 1 aromatic carbocycles. The first kappa shape index (κ1) is 20.1. The predicted octanol–water partition coefficient (Wildman–Crippen LogP) is 1.10. The molecule has 1 aliphatic rings. The van der Waals surface area contributed by atoms with E-state index in [2.05, 4.69) is 5.32 Å². The topological polar surface area (TPSA) is 107 Å². The minimum Gasteiger partial charge on any atom is -0.481 e. The Morgan fingerprint density at radius 1 is 1.12 bits per heavy atom. The van der Waals surface area contributed by atoms with E-state index in [1.54, 1.807) is 0 Å². The van der Waals surface area contributed by atoms with Gasteiger partial charge in [-0.05, 0) is 37.1 Å². The number of rotatable bonds is 6. The van der Waals surface area contributed by atoms with Gasteiger partial charge >= 0.3 is 12.0 Å². The van der Waals surface area contributed by atoms with Gasteiger partial charge in [-0.1, -0.05) is 0 Å². The summed E-state index contributed by atoms with van der Waals surface area (Å²) >= 11 is 0. The van der Waals surface area contributed by atoms with Crippen LogP contribution >= 0.6 is 0 Å². The van der Waals surface area contributed by atoms with E-state index in [9.17, 15) is 22.4 Å². The number of sulfonamides is 1. The fraction of sp³-hybridized carbons (Fsp3) is 0.500. The summed E-state index contributed by atoms with van der Waals surface area (Å²) in [5.41, 5.74) is 0. The zero-order chi connectivity index (χ0) is 19.2. The second-order valence-corrected chi connectivity index (χ2v) is 7.87. The fourth-order valence-electron chi connectivity index (χ4n) is 2.64. The van der Waals surface area contributed by atoms with E-state index in [1.165, 1.54) is 21.3 Å². The van der Waals surface area contributed by atoms with Crippen LogP contribution in [0.3, 0.4) is 0 Å². The molecule has 1 fully saturated rings. The van der Waals surface area contributed by atoms with Crippen LogP contribution in [0.15, 0.2) is 29.2 Å². The summed E-state index contributed by atoms with van der Waals surface area (Å²) in [6.45, 7) is 1.29. The Bertz CT molecular complexity index is 739. The normalized spacial score (nSPS) is 16.1. The molecule has 1 aromatic rings. The number of aliphatic carboxylic acids is 1. The number of halogens is 1. The Morgan fingerprint density at radius 2 is 1.81 bits per heavy atom. The first-order valence-electron chi connectivity index (χ1n) is 8.31. The summed E-state index contributed by atoms with van der Waals surface area (Å²) in [5.74, 6) is -1.43. The number of hydrogen-bond donors (Lipinski definition) is 2. The number of nitrogens with one attached hydrogen (secondary N) is 1. The van der Waals surface area contributed by atoms with Crippen molar-refractivity contribution in [1.29, 1.82) is 0 Å². The molecule has 1 saturated heterocycles. The minimum absolute atomic E-state index is 0.0190. The van der Waals surface area contributed by atoms with Crippen LogP contribution in [0.5, 0.6) is 0 Å². The van der Waals surface area contributed by atoms with Gasteiger partial charge in [0, 0.05) is 39.1 Å². The monoisotopic (exact) mass is 387 g/mol. The molecule has 26 heavy (non-hydrogen) atoms. The largest absolute Gasteiger partial charge is 0.481 e. The smallest absolute Gasteiger partial charge is 0.317 e. The molecule has 0 aliphatic carbocycles. The van der Waals surface area contributed by atoms with Crippen LogP contribution in [0, 0.1) is 5.82 Å². The molecule has 8 nitrogen and oxygen atoms in total. The summed E-state index contributed by atoms with van der Waals surface area (Å²) in [6, 6.07) is 4.31. The van der Waals surface area contributed by atoms with Gasteiger partial charge in [-0.2, -0.15) is 4.31 Å². The van der Waals surface area contributed by atoms with E-state index < -0.39 is 21.8 Å². The lowest BCUT2D eigenvalue weighted by Crippen LogP contribution is -2.43. The van der Waals surface area contributed by atoms with Crippen LogP contribution in [-0.4, -0.2) is 67.5 Å². The SMILES string of the molecule is O=C(O)CCCNC(=O)N1CCCN(S(=O)(=O)c2ccc(F)cc2)CC1. The van der Waals surface area contributed by atoms with Crippen LogP contribution in [-0.2, 0) is 14.8 Å². The van der Waals surface area contributed by atoms with Gasteiger partial charge in [0.1, 0.15) is 5.82 Å². The molecule has 2 amide bonds. The van der Waals surface area contributed by atoms with E-state index >= 15 is 0 Å². The van der Waals surface area contributed by atoms with Crippen molar-refractivity contribution in [3.63, 3.8) is 0 Å². The molecule has 0 spiro atoms. The molecule has 2 N–H and O–H groups in total. The van der Waals surface area contributed by atoms with Crippen LogP contribution in [0.4, 0.5) is 9.18 Å². The van der Waals surface area contributed by atoms with E-state index in [0.717, 1.165) is 12.1 Å². The van der Waals surface area contributed by atoms with Crippen LogP contribution in [0.2, 0.25) is 0 Å². The van der Waals surface area contributed by atoms with Gasteiger partial charge in [0.2, 0.25) is 10.0 Å². The Kier molecular flexibility index (Phi) is 6.92. The van der Waals surface area contributed by atoms with Crippen molar-refractivity contribution in [2.24, 2.45) is 0 Å². The van der Waals surface area contributed by atoms with Gasteiger partial charge in [0.15, 0.2) is 0 Å². The predicted molar refractivity (Wildman–Crippen MR) is 91.6 cm³/mol. The number of benzene rings is 1. The van der Waals surface area contributed by atoms with Gasteiger partial charge < -0.3 is 15.3 Å². The highest BCUT2D eigenvalue weighted by atomic mass is 32.2. The molecular formula is C16H22FN3O5S. The van der Waals surface area contributed by atoms with E-state index in [1.807, 2.05) is 0 Å². The molecule has 0 aromatic heterocycles. The van der Waals surface area contributed by atoms with Crippen LogP contribution < -0.4 is 5.32 Å². The standard InChI is InChI=1S/C16H22FN3O5S/c17-13-4-6-14(7-5-13)26(24,25)20-10-2-9-19(11-12-20)16(23)18-8-1-3-15(21)22/h4-7H,1-3,8-12H2,(H,18,23)(H,21,22). The summed E-state index contributed by atoms with van der Waals surface area (Å²) < 4.78 is 39.6. The number of amides is 2. The maximum absolute atomic E-state index is 13.0. The average Bonchev–Trinajstić information content (AvgIpc) is 2.85. The first-order valence-corrected chi connectivity index (χ1v) is 9.75. The highest BCUT2D eigenvalue weighted by Crippen LogP contribution is 2.18. The number of carboxylic acid groups (broad SMARTS) is 1. The van der Waals surface area contributed by atoms with Gasteiger partial charge in [-0.3, -0.25) is 4.79 Å². The van der Waals surface area contributed by atoms with Crippen molar-refractivity contribution in [3.05, 3.63) is 30.1 Å². The molecule has 10 heteroatoms. The Hall–Kier alpha value is -2.20. The fourth-order valence-corrected chi connectivity index (χ4v) is 4.11. The van der Waals surface area contributed by atoms with Crippen molar-refractivity contribution in [3.8, 4) is 0 Å². The van der Waals surface area contributed by atoms with Crippen LogP contribution in [0.1, 0.15) is 19.3 Å². The van der Waals surface area contributed by atoms with Crippen molar-refractivity contribution < 1.29 is 27.5 Å². The third-order valence-corrected chi connectivity index (χ3v) is 5.95. The number of nitrogens with zero attached hydrogens (tertiary/aromatic N) is 2. The highest BCUT2D eigenvalue weighted by molar-refractivity contribution is 7.89. The van der Waals surface area contributed by atoms with Gasteiger partial charge in [-0.25, -0.2) is 17.6 Å². The Balaban J connectivity index is 1.91. The molecule has 144 valence electrons. The van der Waals surface area contributed by atoms with Gasteiger partial charge in [0.25, 0.3) is 0 Å². The van der Waals surface area contributed by atoms with E-state index in [4.69, 9.17) is 5.11 Å². The Morgan fingerprint density at radius 3 is 2.46 bits per heavy atom. The number of carbonyl (C=O) groups excluding carboxylic acids is 1. The number of carbonyl (C=O) groups is 2. The molecule has 1 heterocycles. The highest BCUT2D eigenvalue weighted by Gasteiger charge is 2.28. The molecule has 1 aliphatic heterocycles. The molecule has 0 unspecified atom stereocenters. The van der Waals surface area contributed by atoms with Crippen molar-refractivity contribution in [2.75, 3.05) is 32.7 Å². The third-order valence-electron chi connectivity index (χ3n) is 4.04. The maximum atomic E-state index is 13.0. The molecule has 0 bridgehead atoms. The van der Waals surface area contributed by atoms with Crippen molar-refractivity contribution >= 4 is 22.0 Å². The lowest BCUT2D eigenvalue weighted by atomic mass is 10.3. The summed E-state index contributed by atoms with van der Waals surface area (Å²) in [4.78, 5) is 24.1. The quantitative estimate of drug-likeness (QED) is 0.711. The average molecular weight is 387 g/mol. The second-order valence-electron chi connectivity index (χ2n) is 5.93. The number of hydrogen-bond acceptors (Lipinski definition) is 4. The van der Waals surface area contributed by atoms with E-state index in [-0.39, 0.29) is 43.5 Å². The molecule has 0 saturated carbocycles.